The van der Waals surface area contributed by atoms with Crippen LogP contribution >= 0.6 is 0 Å². The predicted octanol–water partition coefficient (Wildman–Crippen LogP) is 2.23. The van der Waals surface area contributed by atoms with E-state index < -0.39 is 6.10 Å². The quantitative estimate of drug-likeness (QED) is 0.864. The zero-order valence-electron chi connectivity index (χ0n) is 10.5. The highest BCUT2D eigenvalue weighted by Crippen LogP contribution is 2.24. The molecule has 0 bridgehead atoms. The van der Waals surface area contributed by atoms with Crippen LogP contribution in [0.5, 0.6) is 0 Å². The summed E-state index contributed by atoms with van der Waals surface area (Å²) in [5.74, 6) is 0.301. The van der Waals surface area contributed by atoms with Crippen molar-refractivity contribution in [3.8, 4) is 0 Å². The number of rotatable bonds is 4. The molecule has 0 saturated heterocycles. The highest BCUT2D eigenvalue weighted by molar-refractivity contribution is 5.33. The van der Waals surface area contributed by atoms with Crippen molar-refractivity contribution in [3.63, 3.8) is 0 Å². The molecule has 0 saturated carbocycles. The fourth-order valence-corrected chi connectivity index (χ4v) is 1.91. The highest BCUT2D eigenvalue weighted by atomic mass is 16.3. The molecule has 1 heterocycles. The van der Waals surface area contributed by atoms with Crippen LogP contribution in [-0.4, -0.2) is 16.6 Å². The first-order chi connectivity index (χ1) is 8.72. The Morgan fingerprint density at radius 1 is 1.11 bits per heavy atom. The van der Waals surface area contributed by atoms with Crippen LogP contribution in [0.3, 0.4) is 0 Å². The average molecular weight is 242 g/mol. The van der Waals surface area contributed by atoms with Crippen LogP contribution in [0.4, 0.5) is 0 Å². The van der Waals surface area contributed by atoms with Crippen LogP contribution < -0.4 is 5.73 Å². The Kier molecular flexibility index (Phi) is 4.07. The van der Waals surface area contributed by atoms with E-state index in [1.165, 1.54) is 0 Å². The topological polar surface area (TPSA) is 59.1 Å². The monoisotopic (exact) mass is 242 g/mol. The van der Waals surface area contributed by atoms with E-state index >= 15 is 0 Å². The third-order valence-electron chi connectivity index (χ3n) is 3.17. The standard InChI is InChI=1S/C15H18N2O/c1-11(10-16)13-3-2-4-14(9-13)15(18)12-5-7-17-8-6-12/h2-9,11,15,18H,10,16H2,1H3. The first-order valence-corrected chi connectivity index (χ1v) is 6.10. The predicted molar refractivity (Wildman–Crippen MR) is 72.2 cm³/mol. The summed E-state index contributed by atoms with van der Waals surface area (Å²) in [6.07, 6.45) is 2.76. The van der Waals surface area contributed by atoms with Crippen molar-refractivity contribution in [2.75, 3.05) is 6.54 Å². The van der Waals surface area contributed by atoms with Gasteiger partial charge in [-0.3, -0.25) is 4.98 Å². The number of nitrogens with zero attached hydrogens (tertiary/aromatic N) is 1. The summed E-state index contributed by atoms with van der Waals surface area (Å²) in [5, 5.41) is 10.3. The summed E-state index contributed by atoms with van der Waals surface area (Å²) in [7, 11) is 0. The van der Waals surface area contributed by atoms with Gasteiger partial charge in [-0.2, -0.15) is 0 Å². The number of nitrogens with two attached hydrogens (primary N) is 1. The van der Waals surface area contributed by atoms with E-state index in [0.717, 1.165) is 16.7 Å². The minimum atomic E-state index is -0.613. The molecule has 18 heavy (non-hydrogen) atoms. The lowest BCUT2D eigenvalue weighted by Crippen LogP contribution is -2.09. The van der Waals surface area contributed by atoms with Gasteiger partial charge in [-0.25, -0.2) is 0 Å². The maximum atomic E-state index is 10.3. The van der Waals surface area contributed by atoms with Crippen LogP contribution in [0.2, 0.25) is 0 Å². The fourth-order valence-electron chi connectivity index (χ4n) is 1.91. The zero-order chi connectivity index (χ0) is 13.0. The molecule has 3 nitrogen and oxygen atoms in total. The fraction of sp³-hybridized carbons (Fsp3) is 0.267. The molecular formula is C15H18N2O. The molecule has 94 valence electrons. The van der Waals surface area contributed by atoms with E-state index in [4.69, 9.17) is 5.73 Å². The number of hydrogen-bond acceptors (Lipinski definition) is 3. The van der Waals surface area contributed by atoms with Gasteiger partial charge >= 0.3 is 0 Å². The Morgan fingerprint density at radius 3 is 2.44 bits per heavy atom. The van der Waals surface area contributed by atoms with Crippen molar-refractivity contribution in [2.24, 2.45) is 5.73 Å². The van der Waals surface area contributed by atoms with Crippen LogP contribution in [-0.2, 0) is 0 Å². The van der Waals surface area contributed by atoms with Crippen molar-refractivity contribution in [3.05, 3.63) is 65.5 Å². The van der Waals surface area contributed by atoms with E-state index in [9.17, 15) is 5.11 Å². The molecule has 3 N–H and O–H groups in total. The summed E-state index contributed by atoms with van der Waals surface area (Å²) >= 11 is 0. The molecule has 0 aliphatic heterocycles. The molecule has 0 radical (unpaired) electrons. The van der Waals surface area contributed by atoms with E-state index in [-0.39, 0.29) is 0 Å². The third-order valence-corrected chi connectivity index (χ3v) is 3.17. The minimum Gasteiger partial charge on any atom is -0.384 e. The van der Waals surface area contributed by atoms with Gasteiger partial charge < -0.3 is 10.8 Å². The van der Waals surface area contributed by atoms with E-state index in [0.29, 0.717) is 12.5 Å². The van der Waals surface area contributed by atoms with Gasteiger partial charge in [-0.1, -0.05) is 31.2 Å². The van der Waals surface area contributed by atoms with Gasteiger partial charge in [0.1, 0.15) is 6.10 Å². The molecule has 0 fully saturated rings. The molecule has 1 aromatic carbocycles. The molecule has 2 unspecified atom stereocenters. The molecule has 0 spiro atoms. The third kappa shape index (κ3) is 2.75. The van der Waals surface area contributed by atoms with Gasteiger partial charge in [-0.15, -0.1) is 0 Å². The van der Waals surface area contributed by atoms with Crippen LogP contribution in [0.15, 0.2) is 48.8 Å². The van der Waals surface area contributed by atoms with Gasteiger partial charge in [0.2, 0.25) is 0 Å². The number of aliphatic hydroxyl groups excluding tert-OH is 1. The van der Waals surface area contributed by atoms with Crippen LogP contribution in [0.25, 0.3) is 0 Å². The Labute approximate surface area is 107 Å². The average Bonchev–Trinajstić information content (AvgIpc) is 2.46. The van der Waals surface area contributed by atoms with Gasteiger partial charge in [0, 0.05) is 12.4 Å². The summed E-state index contributed by atoms with van der Waals surface area (Å²) in [6, 6.07) is 11.6. The minimum absolute atomic E-state index is 0.301. The number of aromatic nitrogens is 1. The Balaban J connectivity index is 2.28. The second-order valence-corrected chi connectivity index (χ2v) is 4.49. The van der Waals surface area contributed by atoms with E-state index in [1.807, 2.05) is 36.4 Å². The van der Waals surface area contributed by atoms with Crippen molar-refractivity contribution in [1.29, 1.82) is 0 Å². The maximum absolute atomic E-state index is 10.3. The van der Waals surface area contributed by atoms with Crippen molar-refractivity contribution < 1.29 is 5.11 Å². The normalized spacial score (nSPS) is 14.2. The number of benzene rings is 1. The lowest BCUT2D eigenvalue weighted by molar-refractivity contribution is 0.220. The van der Waals surface area contributed by atoms with Crippen LogP contribution in [0, 0.1) is 0 Å². The van der Waals surface area contributed by atoms with Gasteiger partial charge in [-0.05, 0) is 41.3 Å². The van der Waals surface area contributed by atoms with Gasteiger partial charge in [0.05, 0.1) is 0 Å². The molecule has 2 rings (SSSR count). The van der Waals surface area contributed by atoms with Crippen molar-refractivity contribution >= 4 is 0 Å². The Bertz CT molecular complexity index is 499. The maximum Gasteiger partial charge on any atom is 0.104 e. The molecular weight excluding hydrogens is 224 g/mol. The van der Waals surface area contributed by atoms with Crippen LogP contribution in [0.1, 0.15) is 35.6 Å². The first-order valence-electron chi connectivity index (χ1n) is 6.10. The van der Waals surface area contributed by atoms with E-state index in [2.05, 4.69) is 11.9 Å². The lowest BCUT2D eigenvalue weighted by atomic mass is 9.95. The zero-order valence-corrected chi connectivity index (χ0v) is 10.5. The van der Waals surface area contributed by atoms with Gasteiger partial charge in [0.25, 0.3) is 0 Å². The number of pyridine rings is 1. The summed E-state index contributed by atoms with van der Waals surface area (Å²) in [4.78, 5) is 3.95. The lowest BCUT2D eigenvalue weighted by Gasteiger charge is -2.15. The molecule has 3 heteroatoms. The Morgan fingerprint density at radius 2 is 1.78 bits per heavy atom. The summed E-state index contributed by atoms with van der Waals surface area (Å²) in [5.41, 5.74) is 8.56. The summed E-state index contributed by atoms with van der Waals surface area (Å²) in [6.45, 7) is 2.69. The first kappa shape index (κ1) is 12.7. The van der Waals surface area contributed by atoms with Crippen molar-refractivity contribution in [1.82, 2.24) is 4.98 Å². The number of aliphatic hydroxyl groups is 1. The SMILES string of the molecule is CC(CN)c1cccc(C(O)c2ccncc2)c1. The van der Waals surface area contributed by atoms with E-state index in [1.54, 1.807) is 12.4 Å². The molecule has 0 amide bonds. The molecule has 2 aromatic rings. The molecule has 2 atom stereocenters. The molecule has 0 aliphatic rings. The molecule has 1 aromatic heterocycles. The van der Waals surface area contributed by atoms with Crippen molar-refractivity contribution in [2.45, 2.75) is 18.9 Å². The van der Waals surface area contributed by atoms with Gasteiger partial charge in [0.15, 0.2) is 0 Å². The smallest absolute Gasteiger partial charge is 0.104 e. The summed E-state index contributed by atoms with van der Waals surface area (Å²) < 4.78 is 0. The molecule has 0 aliphatic carbocycles. The number of hydrogen-bond donors (Lipinski definition) is 2. The second kappa shape index (κ2) is 5.76. The Hall–Kier alpha value is -1.71. The second-order valence-electron chi connectivity index (χ2n) is 4.49. The highest BCUT2D eigenvalue weighted by Gasteiger charge is 2.12. The largest absolute Gasteiger partial charge is 0.384 e.